The minimum atomic E-state index is -0.0844. The molecule has 0 aliphatic heterocycles. The van der Waals surface area contributed by atoms with Crippen molar-refractivity contribution in [3.8, 4) is 11.1 Å². The van der Waals surface area contributed by atoms with E-state index >= 15 is 0 Å². The largest absolute Gasteiger partial charge is 0.337 e. The van der Waals surface area contributed by atoms with Gasteiger partial charge in [0, 0.05) is 45.8 Å². The highest BCUT2D eigenvalue weighted by Gasteiger charge is 2.55. The first-order valence-electron chi connectivity index (χ1n) is 32.7. The summed E-state index contributed by atoms with van der Waals surface area (Å²) in [5.41, 5.74) is 17.1. The first-order valence-corrected chi connectivity index (χ1v) is 32.7. The molecule has 78 heavy (non-hydrogen) atoms. The molecule has 0 amide bonds. The van der Waals surface area contributed by atoms with E-state index in [9.17, 15) is 0 Å². The molecule has 1 fully saturated rings. The van der Waals surface area contributed by atoms with E-state index < -0.39 is 0 Å². The van der Waals surface area contributed by atoms with E-state index in [4.69, 9.17) is 0 Å². The SMILES string of the molecule is CCCCCCCCC1(CCCCCCCC)c2cc(N(c3ccc(C(C)CC)cc3)c3ccc(C(C)(CC)C(CC)CC)cc3)ccc2-c2ccc(N(c3ccc(C(C)(C)CC)cc3)C3C4C=CC(C(C)CC)CC43)cc21. The van der Waals surface area contributed by atoms with E-state index in [0.717, 1.165) is 25.2 Å². The second-order valence-corrected chi connectivity index (χ2v) is 26.2. The Balaban J connectivity index is 1.29. The number of unbranched alkanes of at least 4 members (excludes halogenated alkanes) is 10. The van der Waals surface area contributed by atoms with Crippen LogP contribution >= 0.6 is 0 Å². The molecule has 0 aromatic heterocycles. The van der Waals surface area contributed by atoms with Gasteiger partial charge in [-0.2, -0.15) is 0 Å². The van der Waals surface area contributed by atoms with E-state index in [2.05, 4.69) is 221 Å². The Kier molecular flexibility index (Phi) is 20.5. The van der Waals surface area contributed by atoms with E-state index in [1.807, 2.05) is 0 Å². The molecule has 3 aliphatic rings. The van der Waals surface area contributed by atoms with Crippen molar-refractivity contribution in [2.75, 3.05) is 9.80 Å². The van der Waals surface area contributed by atoms with Crippen molar-refractivity contribution in [2.45, 2.75) is 253 Å². The quantitative estimate of drug-likeness (QED) is 0.0322. The van der Waals surface area contributed by atoms with E-state index in [1.54, 1.807) is 11.1 Å². The highest BCUT2D eigenvalue weighted by atomic mass is 15.2. The van der Waals surface area contributed by atoms with Gasteiger partial charge in [0.2, 0.25) is 0 Å². The Bertz CT molecular complexity index is 2650. The van der Waals surface area contributed by atoms with Crippen molar-refractivity contribution in [1.82, 2.24) is 0 Å². The Morgan fingerprint density at radius 3 is 1.53 bits per heavy atom. The van der Waals surface area contributed by atoms with Crippen LogP contribution in [0.2, 0.25) is 0 Å². The van der Waals surface area contributed by atoms with Crippen LogP contribution in [0.3, 0.4) is 0 Å². The molecular weight excluding hydrogens is 941 g/mol. The van der Waals surface area contributed by atoms with Crippen molar-refractivity contribution in [1.29, 1.82) is 0 Å². The fourth-order valence-corrected chi connectivity index (χ4v) is 14.8. The lowest BCUT2D eigenvalue weighted by molar-refractivity contribution is 0.265. The van der Waals surface area contributed by atoms with Gasteiger partial charge in [0.25, 0.3) is 0 Å². The monoisotopic (exact) mass is 1050 g/mol. The maximum Gasteiger partial charge on any atom is 0.0465 e. The molecular formula is C76H108N2. The molecule has 8 rings (SSSR count). The number of hydrogen-bond acceptors (Lipinski definition) is 2. The molecule has 5 aromatic carbocycles. The summed E-state index contributed by atoms with van der Waals surface area (Å²) in [6.07, 6.45) is 31.7. The van der Waals surface area contributed by atoms with Gasteiger partial charge in [-0.3, -0.25) is 0 Å². The summed E-state index contributed by atoms with van der Waals surface area (Å²) in [5, 5.41) is 0. The van der Waals surface area contributed by atoms with Gasteiger partial charge in [-0.15, -0.1) is 0 Å². The van der Waals surface area contributed by atoms with Gasteiger partial charge in [0.15, 0.2) is 0 Å². The predicted molar refractivity (Wildman–Crippen MR) is 343 cm³/mol. The first kappa shape index (κ1) is 59.6. The van der Waals surface area contributed by atoms with Gasteiger partial charge in [0.1, 0.15) is 0 Å². The highest BCUT2D eigenvalue weighted by molar-refractivity contribution is 5.87. The van der Waals surface area contributed by atoms with E-state index in [1.165, 1.54) is 172 Å². The molecule has 0 heterocycles. The molecule has 0 spiro atoms. The molecule has 2 heteroatoms. The summed E-state index contributed by atoms with van der Waals surface area (Å²) < 4.78 is 0. The lowest BCUT2D eigenvalue weighted by Gasteiger charge is -2.37. The maximum atomic E-state index is 2.83. The average Bonchev–Trinajstić information content (AvgIpc) is 4.18. The van der Waals surface area contributed by atoms with Gasteiger partial charge < -0.3 is 9.80 Å². The number of rotatable bonds is 31. The molecule has 5 aromatic rings. The van der Waals surface area contributed by atoms with Gasteiger partial charge >= 0.3 is 0 Å². The number of nitrogens with zero attached hydrogens (tertiary/aromatic N) is 2. The van der Waals surface area contributed by atoms with Crippen LogP contribution in [0, 0.1) is 29.6 Å². The van der Waals surface area contributed by atoms with E-state index in [0.29, 0.717) is 35.6 Å². The van der Waals surface area contributed by atoms with Crippen LogP contribution in [0.25, 0.3) is 11.1 Å². The van der Waals surface area contributed by atoms with Gasteiger partial charge in [-0.25, -0.2) is 0 Å². The number of fused-ring (bicyclic) bond motifs is 4. The second kappa shape index (κ2) is 26.8. The molecule has 0 N–H and O–H groups in total. The second-order valence-electron chi connectivity index (χ2n) is 26.2. The third kappa shape index (κ3) is 12.5. The zero-order valence-corrected chi connectivity index (χ0v) is 51.8. The van der Waals surface area contributed by atoms with Crippen LogP contribution in [0.15, 0.2) is 121 Å². The minimum absolute atomic E-state index is 0.0844. The van der Waals surface area contributed by atoms with Crippen LogP contribution in [-0.4, -0.2) is 6.04 Å². The number of allylic oxidation sites excluding steroid dienone is 1. The summed E-state index contributed by atoms with van der Waals surface area (Å²) in [4.78, 5) is 5.43. The zero-order chi connectivity index (χ0) is 55.6. The Labute approximate surface area is 478 Å². The third-order valence-corrected chi connectivity index (χ3v) is 21.3. The molecule has 2 nitrogen and oxygen atoms in total. The molecule has 0 bridgehead atoms. The minimum Gasteiger partial charge on any atom is -0.337 e. The molecule has 1 saturated carbocycles. The van der Waals surface area contributed by atoms with Crippen LogP contribution in [0.4, 0.5) is 28.4 Å². The standard InChI is InChI=1S/C76H108N2/c1-14-22-24-26-28-30-50-76(51-31-29-27-25-23-15-2)71-53-65(77(62-39-32-57(33-40-62)55(9)16-3)63-43-37-61(38-44-63)75(13,21-8)59(18-5)19-6)45-48-67(71)68-49-46-66(54-72(68)76)78(64-41-35-60(36-42-64)74(11,12)20-7)73-69-47-34-58(52-70(69)73)56(10)17-4/h32-49,53-56,58-59,69-70,73H,14-31,50-52H2,1-13H3. The topological polar surface area (TPSA) is 6.48 Å². The first-order chi connectivity index (χ1) is 37.8. The maximum absolute atomic E-state index is 2.83. The fraction of sp³-hybridized carbons (Fsp3) is 0.579. The van der Waals surface area contributed by atoms with Crippen molar-refractivity contribution < 1.29 is 0 Å². The van der Waals surface area contributed by atoms with Crippen molar-refractivity contribution in [3.05, 3.63) is 149 Å². The smallest absolute Gasteiger partial charge is 0.0465 e. The summed E-state index contributed by atoms with van der Waals surface area (Å²) >= 11 is 0. The van der Waals surface area contributed by atoms with Crippen molar-refractivity contribution in [3.63, 3.8) is 0 Å². The van der Waals surface area contributed by atoms with Crippen LogP contribution in [0.5, 0.6) is 0 Å². The summed E-state index contributed by atoms with van der Waals surface area (Å²) in [7, 11) is 0. The molecule has 7 atom stereocenters. The van der Waals surface area contributed by atoms with Gasteiger partial charge in [-0.1, -0.05) is 247 Å². The average molecular weight is 1050 g/mol. The lowest BCUT2D eigenvalue weighted by Crippen LogP contribution is -2.30. The molecule has 3 aliphatic carbocycles. The Morgan fingerprint density at radius 2 is 1.00 bits per heavy atom. The predicted octanol–water partition coefficient (Wildman–Crippen LogP) is 23.6. The summed E-state index contributed by atoms with van der Waals surface area (Å²) in [5.74, 6) is 3.84. The Morgan fingerprint density at radius 1 is 0.500 bits per heavy atom. The highest BCUT2D eigenvalue weighted by Crippen LogP contribution is 2.60. The molecule has 0 radical (unpaired) electrons. The molecule has 7 unspecified atom stereocenters. The number of hydrogen-bond donors (Lipinski definition) is 0. The van der Waals surface area contributed by atoms with Crippen molar-refractivity contribution in [2.24, 2.45) is 29.6 Å². The van der Waals surface area contributed by atoms with Crippen LogP contribution < -0.4 is 9.80 Å². The van der Waals surface area contributed by atoms with Gasteiger partial charge in [0.05, 0.1) is 0 Å². The molecule has 422 valence electrons. The number of anilines is 5. The normalized spacial score (nSPS) is 19.7. The fourth-order valence-electron chi connectivity index (χ4n) is 14.8. The lowest BCUT2D eigenvalue weighted by atomic mass is 9.68. The van der Waals surface area contributed by atoms with E-state index in [-0.39, 0.29) is 16.2 Å². The van der Waals surface area contributed by atoms with Crippen LogP contribution in [0.1, 0.15) is 259 Å². The Hall–Kier alpha value is -4.56. The summed E-state index contributed by atoms with van der Waals surface area (Å²) in [6.45, 7) is 31.1. The van der Waals surface area contributed by atoms with Crippen LogP contribution in [-0.2, 0) is 16.2 Å². The third-order valence-electron chi connectivity index (χ3n) is 21.3. The van der Waals surface area contributed by atoms with Gasteiger partial charge in [-0.05, 0) is 179 Å². The number of benzene rings is 5. The van der Waals surface area contributed by atoms with Crippen molar-refractivity contribution >= 4 is 28.4 Å². The summed E-state index contributed by atoms with van der Waals surface area (Å²) in [6, 6.07) is 45.4. The molecule has 0 saturated heterocycles. The zero-order valence-electron chi connectivity index (χ0n) is 51.8.